The molecule has 4 heteroatoms. The van der Waals surface area contributed by atoms with Crippen LogP contribution in [0.3, 0.4) is 0 Å². The molecule has 0 aromatic carbocycles. The summed E-state index contributed by atoms with van der Waals surface area (Å²) in [5.41, 5.74) is -0.153. The van der Waals surface area contributed by atoms with Crippen molar-refractivity contribution in [1.82, 2.24) is 4.90 Å². The SMILES string of the molecule is CC1(C)CCCN(CCCCC#N)C1C(=O)O. The van der Waals surface area contributed by atoms with Gasteiger partial charge >= 0.3 is 5.97 Å². The molecule has 0 bridgehead atoms. The molecule has 0 aromatic rings. The zero-order chi connectivity index (χ0) is 12.9. The van der Waals surface area contributed by atoms with Gasteiger partial charge < -0.3 is 5.11 Å². The average Bonchev–Trinajstić information content (AvgIpc) is 2.22. The van der Waals surface area contributed by atoms with Gasteiger partial charge in [0.25, 0.3) is 0 Å². The van der Waals surface area contributed by atoms with Crippen LogP contribution in [-0.2, 0) is 4.79 Å². The molecule has 4 nitrogen and oxygen atoms in total. The lowest BCUT2D eigenvalue weighted by Crippen LogP contribution is -2.54. The third kappa shape index (κ3) is 3.71. The van der Waals surface area contributed by atoms with Gasteiger partial charge in [0.15, 0.2) is 0 Å². The Bertz CT molecular complexity index is 307. The first kappa shape index (κ1) is 14.0. The number of hydrogen-bond donors (Lipinski definition) is 1. The van der Waals surface area contributed by atoms with Crippen LogP contribution in [0.2, 0.25) is 0 Å². The normalized spacial score (nSPS) is 24.2. The van der Waals surface area contributed by atoms with E-state index in [1.807, 2.05) is 13.8 Å². The number of hydrogen-bond acceptors (Lipinski definition) is 3. The van der Waals surface area contributed by atoms with Crippen LogP contribution in [0.1, 0.15) is 46.0 Å². The number of piperidine rings is 1. The summed E-state index contributed by atoms with van der Waals surface area (Å²) < 4.78 is 0. The van der Waals surface area contributed by atoms with E-state index < -0.39 is 5.97 Å². The number of carbonyl (C=O) groups is 1. The lowest BCUT2D eigenvalue weighted by molar-refractivity contribution is -0.150. The van der Waals surface area contributed by atoms with Crippen molar-refractivity contribution in [3.8, 4) is 6.07 Å². The maximum atomic E-state index is 11.4. The minimum absolute atomic E-state index is 0.153. The van der Waals surface area contributed by atoms with E-state index in [2.05, 4.69) is 11.0 Å². The molecular formula is C13H22N2O2. The maximum absolute atomic E-state index is 11.4. The van der Waals surface area contributed by atoms with Crippen molar-refractivity contribution in [3.63, 3.8) is 0 Å². The van der Waals surface area contributed by atoms with Crippen LogP contribution in [0.25, 0.3) is 0 Å². The van der Waals surface area contributed by atoms with Crippen LogP contribution in [0.15, 0.2) is 0 Å². The molecule has 1 N–H and O–H groups in total. The zero-order valence-corrected chi connectivity index (χ0v) is 10.8. The molecule has 1 unspecified atom stereocenters. The van der Waals surface area contributed by atoms with Gasteiger partial charge in [-0.05, 0) is 44.2 Å². The summed E-state index contributed by atoms with van der Waals surface area (Å²) in [6.45, 7) is 5.73. The van der Waals surface area contributed by atoms with E-state index in [-0.39, 0.29) is 11.5 Å². The van der Waals surface area contributed by atoms with Crippen molar-refractivity contribution in [2.24, 2.45) is 5.41 Å². The molecule has 1 fully saturated rings. The number of aliphatic carboxylic acids is 1. The largest absolute Gasteiger partial charge is 0.480 e. The highest BCUT2D eigenvalue weighted by molar-refractivity contribution is 5.74. The summed E-state index contributed by atoms with van der Waals surface area (Å²) in [6.07, 6.45) is 4.37. The second-order valence-corrected chi connectivity index (χ2v) is 5.48. The maximum Gasteiger partial charge on any atom is 0.321 e. The molecule has 0 amide bonds. The highest BCUT2D eigenvalue weighted by atomic mass is 16.4. The Morgan fingerprint density at radius 1 is 1.53 bits per heavy atom. The Morgan fingerprint density at radius 2 is 2.24 bits per heavy atom. The Kier molecular flexibility index (Phi) is 4.95. The van der Waals surface area contributed by atoms with Crippen LogP contribution >= 0.6 is 0 Å². The second-order valence-electron chi connectivity index (χ2n) is 5.48. The van der Waals surface area contributed by atoms with Crippen molar-refractivity contribution in [3.05, 3.63) is 0 Å². The van der Waals surface area contributed by atoms with Gasteiger partial charge in [0.05, 0.1) is 6.07 Å². The molecule has 0 radical (unpaired) electrons. The van der Waals surface area contributed by atoms with Gasteiger partial charge in [-0.3, -0.25) is 9.69 Å². The molecule has 0 saturated carbocycles. The Labute approximate surface area is 103 Å². The van der Waals surface area contributed by atoms with Gasteiger partial charge in [-0.1, -0.05) is 13.8 Å². The first-order valence-corrected chi connectivity index (χ1v) is 6.33. The molecule has 1 aliphatic rings. The van der Waals surface area contributed by atoms with Gasteiger partial charge in [0.1, 0.15) is 6.04 Å². The van der Waals surface area contributed by atoms with Crippen molar-refractivity contribution in [1.29, 1.82) is 5.26 Å². The van der Waals surface area contributed by atoms with Gasteiger partial charge in [0, 0.05) is 6.42 Å². The fourth-order valence-corrected chi connectivity index (χ4v) is 2.75. The smallest absolute Gasteiger partial charge is 0.321 e. The van der Waals surface area contributed by atoms with E-state index in [0.717, 1.165) is 38.8 Å². The number of nitrogens with zero attached hydrogens (tertiary/aromatic N) is 2. The summed E-state index contributed by atoms with van der Waals surface area (Å²) in [7, 11) is 0. The highest BCUT2D eigenvalue weighted by Crippen LogP contribution is 2.35. The van der Waals surface area contributed by atoms with Crippen LogP contribution < -0.4 is 0 Å². The van der Waals surface area contributed by atoms with Crippen LogP contribution in [0.5, 0.6) is 0 Å². The highest BCUT2D eigenvalue weighted by Gasteiger charge is 2.41. The van der Waals surface area contributed by atoms with Crippen molar-refractivity contribution >= 4 is 5.97 Å². The lowest BCUT2D eigenvalue weighted by atomic mass is 9.76. The number of likely N-dealkylation sites (tertiary alicyclic amines) is 1. The quantitative estimate of drug-likeness (QED) is 0.746. The third-order valence-corrected chi connectivity index (χ3v) is 3.59. The molecule has 1 saturated heterocycles. The van der Waals surface area contributed by atoms with Gasteiger partial charge in [-0.25, -0.2) is 0 Å². The molecule has 17 heavy (non-hydrogen) atoms. The molecule has 0 aliphatic carbocycles. The number of unbranched alkanes of at least 4 members (excludes halogenated alkanes) is 2. The summed E-state index contributed by atoms with van der Waals surface area (Å²) in [5, 5.41) is 17.8. The Hall–Kier alpha value is -1.08. The molecule has 1 atom stereocenters. The molecule has 1 heterocycles. The Morgan fingerprint density at radius 3 is 2.82 bits per heavy atom. The number of carboxylic acids is 1. The average molecular weight is 238 g/mol. The number of carboxylic acid groups (broad SMARTS) is 1. The summed E-state index contributed by atoms with van der Waals surface area (Å²) in [4.78, 5) is 13.4. The monoisotopic (exact) mass is 238 g/mol. The summed E-state index contributed by atoms with van der Waals surface area (Å²) >= 11 is 0. The fraction of sp³-hybridized carbons (Fsp3) is 0.846. The Balaban J connectivity index is 2.56. The van der Waals surface area contributed by atoms with Gasteiger partial charge in [0.2, 0.25) is 0 Å². The first-order valence-electron chi connectivity index (χ1n) is 6.33. The van der Waals surface area contributed by atoms with E-state index in [0.29, 0.717) is 6.42 Å². The molecule has 1 rings (SSSR count). The van der Waals surface area contributed by atoms with E-state index in [4.69, 9.17) is 5.26 Å². The van der Waals surface area contributed by atoms with E-state index in [1.54, 1.807) is 0 Å². The number of nitriles is 1. The predicted molar refractivity (Wildman–Crippen MR) is 65.5 cm³/mol. The van der Waals surface area contributed by atoms with Gasteiger partial charge in [-0.15, -0.1) is 0 Å². The molecule has 96 valence electrons. The van der Waals surface area contributed by atoms with E-state index >= 15 is 0 Å². The van der Waals surface area contributed by atoms with E-state index in [1.165, 1.54) is 0 Å². The van der Waals surface area contributed by atoms with Crippen LogP contribution in [-0.4, -0.2) is 35.1 Å². The minimum atomic E-state index is -0.713. The minimum Gasteiger partial charge on any atom is -0.480 e. The summed E-state index contributed by atoms with van der Waals surface area (Å²) in [6, 6.07) is 1.74. The van der Waals surface area contributed by atoms with Crippen molar-refractivity contribution < 1.29 is 9.90 Å². The lowest BCUT2D eigenvalue weighted by Gasteiger charge is -2.44. The van der Waals surface area contributed by atoms with Crippen LogP contribution in [0, 0.1) is 16.7 Å². The topological polar surface area (TPSA) is 64.3 Å². The third-order valence-electron chi connectivity index (χ3n) is 3.59. The van der Waals surface area contributed by atoms with E-state index in [9.17, 15) is 9.90 Å². The summed E-state index contributed by atoms with van der Waals surface area (Å²) in [5.74, 6) is -0.713. The van der Waals surface area contributed by atoms with Crippen molar-refractivity contribution in [2.75, 3.05) is 13.1 Å². The first-order chi connectivity index (χ1) is 7.99. The standard InChI is InChI=1S/C13H22N2O2/c1-13(2)7-6-10-15(11(13)12(16)17)9-5-3-4-8-14/h11H,3-7,9-10H2,1-2H3,(H,16,17). The molecule has 0 aromatic heterocycles. The van der Waals surface area contributed by atoms with Gasteiger partial charge in [-0.2, -0.15) is 5.26 Å². The number of rotatable bonds is 5. The zero-order valence-electron chi connectivity index (χ0n) is 10.8. The van der Waals surface area contributed by atoms with Crippen molar-refractivity contribution in [2.45, 2.75) is 52.0 Å². The van der Waals surface area contributed by atoms with Crippen LogP contribution in [0.4, 0.5) is 0 Å². The molecule has 1 aliphatic heterocycles. The molecular weight excluding hydrogens is 216 g/mol. The predicted octanol–water partition coefficient (Wildman–Crippen LogP) is 2.26. The fourth-order valence-electron chi connectivity index (χ4n) is 2.75. The molecule has 0 spiro atoms. The second kappa shape index (κ2) is 6.02.